The average Bonchev–Trinajstić information content (AvgIpc) is 2.68. The predicted molar refractivity (Wildman–Crippen MR) is 65.5 cm³/mol. The first-order chi connectivity index (χ1) is 7.68. The van der Waals surface area contributed by atoms with Crippen molar-refractivity contribution in [1.29, 1.82) is 0 Å². The van der Waals surface area contributed by atoms with E-state index in [9.17, 15) is 0 Å². The first kappa shape index (κ1) is 11.2. The van der Waals surface area contributed by atoms with Crippen molar-refractivity contribution in [1.82, 2.24) is 0 Å². The second-order valence-electron chi connectivity index (χ2n) is 3.83. The van der Waals surface area contributed by atoms with Crippen molar-refractivity contribution < 1.29 is 4.42 Å². The molecule has 0 saturated heterocycles. The monoisotopic (exact) mass is 235 g/mol. The summed E-state index contributed by atoms with van der Waals surface area (Å²) < 4.78 is 5.24. The van der Waals surface area contributed by atoms with Crippen LogP contribution in [0.4, 0.5) is 0 Å². The van der Waals surface area contributed by atoms with Gasteiger partial charge in [0.2, 0.25) is 0 Å². The quantitative estimate of drug-likeness (QED) is 0.885. The molecule has 3 heteroatoms. The second kappa shape index (κ2) is 4.73. The Balaban J connectivity index is 2.17. The van der Waals surface area contributed by atoms with E-state index < -0.39 is 0 Å². The minimum Gasteiger partial charge on any atom is -0.469 e. The van der Waals surface area contributed by atoms with Crippen molar-refractivity contribution in [3.8, 4) is 0 Å². The normalized spacial score (nSPS) is 12.7. The summed E-state index contributed by atoms with van der Waals surface area (Å²) in [6.45, 7) is 1.92. The Labute approximate surface area is 100 Å². The van der Waals surface area contributed by atoms with E-state index in [4.69, 9.17) is 21.8 Å². The van der Waals surface area contributed by atoms with Gasteiger partial charge in [-0.2, -0.15) is 0 Å². The van der Waals surface area contributed by atoms with Crippen LogP contribution < -0.4 is 5.73 Å². The molecule has 84 valence electrons. The van der Waals surface area contributed by atoms with Gasteiger partial charge in [-0.05, 0) is 31.0 Å². The minimum atomic E-state index is -0.0707. The molecule has 0 amide bonds. The largest absolute Gasteiger partial charge is 0.469 e. The zero-order chi connectivity index (χ0) is 11.5. The van der Waals surface area contributed by atoms with Crippen LogP contribution in [-0.2, 0) is 6.42 Å². The molecule has 2 nitrogen and oxygen atoms in total. The average molecular weight is 236 g/mol. The second-order valence-corrected chi connectivity index (χ2v) is 4.24. The summed E-state index contributed by atoms with van der Waals surface area (Å²) in [7, 11) is 0. The van der Waals surface area contributed by atoms with Crippen LogP contribution in [0.15, 0.2) is 41.0 Å². The summed E-state index contributed by atoms with van der Waals surface area (Å²) in [4.78, 5) is 0. The number of halogens is 1. The molecule has 0 spiro atoms. The van der Waals surface area contributed by atoms with E-state index >= 15 is 0 Å². The van der Waals surface area contributed by atoms with Gasteiger partial charge in [0, 0.05) is 16.6 Å². The molecular formula is C13H14ClNO. The van der Waals surface area contributed by atoms with Gasteiger partial charge in [-0.1, -0.05) is 29.8 Å². The van der Waals surface area contributed by atoms with Crippen LogP contribution in [0.5, 0.6) is 0 Å². The molecular weight excluding hydrogens is 222 g/mol. The van der Waals surface area contributed by atoms with Gasteiger partial charge in [-0.25, -0.2) is 0 Å². The van der Waals surface area contributed by atoms with Gasteiger partial charge < -0.3 is 10.2 Å². The number of nitrogens with two attached hydrogens (primary N) is 1. The molecule has 16 heavy (non-hydrogen) atoms. The minimum absolute atomic E-state index is 0.0707. The fourth-order valence-electron chi connectivity index (χ4n) is 1.79. The number of rotatable bonds is 3. The highest BCUT2D eigenvalue weighted by Crippen LogP contribution is 2.24. The van der Waals surface area contributed by atoms with Crippen LogP contribution >= 0.6 is 11.6 Å². The van der Waals surface area contributed by atoms with Gasteiger partial charge in [-0.3, -0.25) is 0 Å². The first-order valence-electron chi connectivity index (χ1n) is 5.21. The number of hydrogen-bond donors (Lipinski definition) is 1. The lowest BCUT2D eigenvalue weighted by Crippen LogP contribution is -2.13. The Morgan fingerprint density at radius 3 is 2.69 bits per heavy atom. The molecule has 0 bridgehead atoms. The highest BCUT2D eigenvalue weighted by atomic mass is 35.5. The van der Waals surface area contributed by atoms with E-state index in [2.05, 4.69) is 0 Å². The molecule has 0 fully saturated rings. The zero-order valence-electron chi connectivity index (χ0n) is 9.11. The molecule has 0 aliphatic heterocycles. The van der Waals surface area contributed by atoms with E-state index in [-0.39, 0.29) is 6.04 Å². The summed E-state index contributed by atoms with van der Waals surface area (Å²) in [6.07, 6.45) is 2.39. The van der Waals surface area contributed by atoms with Crippen LogP contribution in [0.1, 0.15) is 22.9 Å². The molecule has 1 unspecified atom stereocenters. The smallest absolute Gasteiger partial charge is 0.105 e. The van der Waals surface area contributed by atoms with E-state index in [0.29, 0.717) is 0 Å². The predicted octanol–water partition coefficient (Wildman–Crippen LogP) is 3.48. The van der Waals surface area contributed by atoms with Gasteiger partial charge in [0.25, 0.3) is 0 Å². The standard InChI is InChI=1S/C13H14ClNO/c1-9-11(6-7-16-9)13(15)8-10-4-2-3-5-12(10)14/h2-7,13H,8,15H2,1H3. The summed E-state index contributed by atoms with van der Waals surface area (Å²) in [5.41, 5.74) is 8.23. The first-order valence-corrected chi connectivity index (χ1v) is 5.59. The molecule has 1 aromatic heterocycles. The van der Waals surface area contributed by atoms with Gasteiger partial charge in [0.05, 0.1) is 6.26 Å². The summed E-state index contributed by atoms with van der Waals surface area (Å²) >= 11 is 6.09. The fourth-order valence-corrected chi connectivity index (χ4v) is 2.00. The molecule has 2 N–H and O–H groups in total. The van der Waals surface area contributed by atoms with Gasteiger partial charge in [0.15, 0.2) is 0 Å². The van der Waals surface area contributed by atoms with Crippen LogP contribution in [0.3, 0.4) is 0 Å². The molecule has 0 saturated carbocycles. The maximum Gasteiger partial charge on any atom is 0.105 e. The van der Waals surface area contributed by atoms with Crippen molar-refractivity contribution in [2.75, 3.05) is 0 Å². The zero-order valence-corrected chi connectivity index (χ0v) is 9.87. The molecule has 0 radical (unpaired) electrons. The topological polar surface area (TPSA) is 39.2 Å². The molecule has 1 aromatic carbocycles. The highest BCUT2D eigenvalue weighted by molar-refractivity contribution is 6.31. The fraction of sp³-hybridized carbons (Fsp3) is 0.231. The van der Waals surface area contributed by atoms with E-state index in [1.807, 2.05) is 37.3 Å². The Bertz CT molecular complexity index is 478. The third-order valence-corrected chi connectivity index (χ3v) is 3.06. The highest BCUT2D eigenvalue weighted by Gasteiger charge is 2.13. The summed E-state index contributed by atoms with van der Waals surface area (Å²) in [5.74, 6) is 0.875. The maximum atomic E-state index is 6.12. The van der Waals surface area contributed by atoms with E-state index in [0.717, 1.165) is 28.3 Å². The third kappa shape index (κ3) is 2.29. The molecule has 1 heterocycles. The molecule has 2 rings (SSSR count). The van der Waals surface area contributed by atoms with Crippen molar-refractivity contribution in [2.45, 2.75) is 19.4 Å². The summed E-state index contributed by atoms with van der Waals surface area (Å²) in [6, 6.07) is 9.61. The Morgan fingerprint density at radius 1 is 1.31 bits per heavy atom. The lowest BCUT2D eigenvalue weighted by atomic mass is 10.0. The Hall–Kier alpha value is -1.25. The van der Waals surface area contributed by atoms with Crippen LogP contribution in [0, 0.1) is 6.92 Å². The van der Waals surface area contributed by atoms with Crippen molar-refractivity contribution in [3.63, 3.8) is 0 Å². The van der Waals surface area contributed by atoms with Crippen molar-refractivity contribution in [2.24, 2.45) is 5.73 Å². The van der Waals surface area contributed by atoms with E-state index in [1.54, 1.807) is 6.26 Å². The van der Waals surface area contributed by atoms with Crippen molar-refractivity contribution >= 4 is 11.6 Å². The van der Waals surface area contributed by atoms with Crippen LogP contribution in [-0.4, -0.2) is 0 Å². The third-order valence-electron chi connectivity index (χ3n) is 2.70. The number of aryl methyl sites for hydroxylation is 1. The lowest BCUT2D eigenvalue weighted by molar-refractivity contribution is 0.524. The van der Waals surface area contributed by atoms with Crippen molar-refractivity contribution in [3.05, 3.63) is 58.5 Å². The van der Waals surface area contributed by atoms with Gasteiger partial charge in [0.1, 0.15) is 5.76 Å². The molecule has 1 atom stereocenters. The van der Waals surface area contributed by atoms with Gasteiger partial charge in [-0.15, -0.1) is 0 Å². The van der Waals surface area contributed by atoms with E-state index in [1.165, 1.54) is 0 Å². The summed E-state index contributed by atoms with van der Waals surface area (Å²) in [5, 5.41) is 0.763. The SMILES string of the molecule is Cc1occc1C(N)Cc1ccccc1Cl. The lowest BCUT2D eigenvalue weighted by Gasteiger charge is -2.11. The molecule has 2 aromatic rings. The Kier molecular flexibility index (Phi) is 3.32. The molecule has 0 aliphatic carbocycles. The van der Waals surface area contributed by atoms with Gasteiger partial charge >= 0.3 is 0 Å². The molecule has 0 aliphatic rings. The van der Waals surface area contributed by atoms with Crippen LogP contribution in [0.25, 0.3) is 0 Å². The number of furan rings is 1. The number of benzene rings is 1. The maximum absolute atomic E-state index is 6.12. The number of hydrogen-bond acceptors (Lipinski definition) is 2. The Morgan fingerprint density at radius 2 is 2.06 bits per heavy atom. The van der Waals surface area contributed by atoms with Crippen LogP contribution in [0.2, 0.25) is 5.02 Å².